The van der Waals surface area contributed by atoms with Gasteiger partial charge in [-0.15, -0.1) is 0 Å². The van der Waals surface area contributed by atoms with Gasteiger partial charge in [0, 0.05) is 55.1 Å². The van der Waals surface area contributed by atoms with Crippen LogP contribution in [-0.2, 0) is 13.1 Å². The molecule has 2 atom stereocenters. The maximum absolute atomic E-state index is 15.5. The molecule has 37 heavy (non-hydrogen) atoms. The number of carboxylic acids is 1. The Bertz CT molecular complexity index is 1310. The van der Waals surface area contributed by atoms with E-state index in [4.69, 9.17) is 0 Å². The Morgan fingerprint density at radius 1 is 0.919 bits per heavy atom. The Kier molecular flexibility index (Phi) is 6.76. The molecule has 1 saturated carbocycles. The van der Waals surface area contributed by atoms with Crippen LogP contribution < -0.4 is 0 Å². The van der Waals surface area contributed by atoms with Gasteiger partial charge < -0.3 is 14.6 Å². The quantitative estimate of drug-likeness (QED) is 0.457. The van der Waals surface area contributed by atoms with E-state index in [1.165, 1.54) is 18.9 Å². The number of halogens is 2. The SMILES string of the molecule is O=C(O)c1ccc2c([C@@H]3CCCC[C@H]3F)c3n(c2c1)CCN(CCN1CCCC1)Cc1ccc(F)cc1-3. The first-order valence-electron chi connectivity index (χ1n) is 13.8. The Morgan fingerprint density at radius 3 is 2.49 bits per heavy atom. The molecule has 1 saturated heterocycles. The number of hydrogen-bond donors (Lipinski definition) is 1. The third-order valence-electron chi connectivity index (χ3n) is 8.70. The van der Waals surface area contributed by atoms with Gasteiger partial charge in [-0.3, -0.25) is 4.90 Å². The van der Waals surface area contributed by atoms with Gasteiger partial charge >= 0.3 is 5.97 Å². The summed E-state index contributed by atoms with van der Waals surface area (Å²) >= 11 is 0. The normalized spacial score (nSPS) is 23.0. The van der Waals surface area contributed by atoms with Crippen LogP contribution in [-0.4, -0.2) is 64.3 Å². The van der Waals surface area contributed by atoms with E-state index in [0.29, 0.717) is 19.5 Å². The molecule has 2 aromatic carbocycles. The standard InChI is InChI=1S/C30H35F2N3O2/c31-22-9-7-21-19-34(14-13-33-11-3-4-12-33)15-16-35-27-17-20(30(36)37)8-10-24(27)28(29(35)25(21)18-22)23-5-1-2-6-26(23)32/h7-10,17-18,23,26H,1-6,11-16,19H2,(H,36,37)/t23-,26-/m1/s1. The van der Waals surface area contributed by atoms with Crippen LogP contribution in [0, 0.1) is 5.82 Å². The summed E-state index contributed by atoms with van der Waals surface area (Å²) in [6, 6.07) is 10.2. The molecule has 1 aromatic heterocycles. The molecule has 3 aromatic rings. The molecule has 7 heteroatoms. The lowest BCUT2D eigenvalue weighted by Gasteiger charge is -2.31. The van der Waals surface area contributed by atoms with Gasteiger partial charge in [-0.2, -0.15) is 0 Å². The van der Waals surface area contributed by atoms with Crippen LogP contribution >= 0.6 is 0 Å². The van der Waals surface area contributed by atoms with E-state index >= 15 is 4.39 Å². The number of carboxylic acid groups (broad SMARTS) is 1. The zero-order valence-electron chi connectivity index (χ0n) is 21.3. The number of aromatic nitrogens is 1. The van der Waals surface area contributed by atoms with Crippen molar-refractivity contribution >= 4 is 16.9 Å². The summed E-state index contributed by atoms with van der Waals surface area (Å²) in [5.74, 6) is -1.56. The number of alkyl halides is 1. The molecular weight excluding hydrogens is 472 g/mol. The third-order valence-corrected chi connectivity index (χ3v) is 8.70. The van der Waals surface area contributed by atoms with Gasteiger partial charge in [0.1, 0.15) is 12.0 Å². The van der Waals surface area contributed by atoms with Crippen molar-refractivity contribution < 1.29 is 18.7 Å². The topological polar surface area (TPSA) is 48.7 Å². The fraction of sp³-hybridized carbons (Fsp3) is 0.500. The minimum absolute atomic E-state index is 0.215. The monoisotopic (exact) mass is 507 g/mol. The van der Waals surface area contributed by atoms with E-state index in [-0.39, 0.29) is 17.3 Å². The highest BCUT2D eigenvalue weighted by Crippen LogP contribution is 2.46. The molecule has 0 amide bonds. The number of likely N-dealkylation sites (tertiary alicyclic amines) is 1. The Hall–Kier alpha value is -2.77. The van der Waals surface area contributed by atoms with E-state index in [1.54, 1.807) is 18.2 Å². The number of fused-ring (bicyclic) bond motifs is 5. The van der Waals surface area contributed by atoms with Crippen LogP contribution in [0.5, 0.6) is 0 Å². The van der Waals surface area contributed by atoms with Gasteiger partial charge in [0.25, 0.3) is 0 Å². The van der Waals surface area contributed by atoms with Crippen LogP contribution in [0.3, 0.4) is 0 Å². The lowest BCUT2D eigenvalue weighted by atomic mass is 9.80. The number of carbonyl (C=O) groups is 1. The molecule has 3 aliphatic rings. The molecule has 0 unspecified atom stereocenters. The Morgan fingerprint density at radius 2 is 1.70 bits per heavy atom. The molecule has 3 heterocycles. The third kappa shape index (κ3) is 4.68. The van der Waals surface area contributed by atoms with Gasteiger partial charge in [0.2, 0.25) is 0 Å². The molecule has 0 spiro atoms. The second-order valence-corrected chi connectivity index (χ2v) is 11.0. The minimum atomic E-state index is -0.982. The molecule has 6 rings (SSSR count). The van der Waals surface area contributed by atoms with E-state index in [2.05, 4.69) is 14.4 Å². The summed E-state index contributed by atoms with van der Waals surface area (Å²) in [6.07, 6.45) is 4.68. The lowest BCUT2D eigenvalue weighted by Crippen LogP contribution is -2.36. The zero-order valence-corrected chi connectivity index (χ0v) is 21.3. The summed E-state index contributed by atoms with van der Waals surface area (Å²) < 4.78 is 32.4. The maximum Gasteiger partial charge on any atom is 0.335 e. The minimum Gasteiger partial charge on any atom is -0.478 e. The van der Waals surface area contributed by atoms with Crippen molar-refractivity contribution in [3.05, 3.63) is 58.9 Å². The van der Waals surface area contributed by atoms with Crippen LogP contribution in [0.4, 0.5) is 8.78 Å². The summed E-state index contributed by atoms with van der Waals surface area (Å²) in [5.41, 5.74) is 4.67. The second kappa shape index (κ2) is 10.2. The highest BCUT2D eigenvalue weighted by Gasteiger charge is 2.34. The van der Waals surface area contributed by atoms with E-state index in [1.807, 2.05) is 12.1 Å². The molecular formula is C30H35F2N3O2. The van der Waals surface area contributed by atoms with Crippen molar-refractivity contribution in [3.63, 3.8) is 0 Å². The summed E-state index contributed by atoms with van der Waals surface area (Å²) in [5, 5.41) is 10.6. The molecule has 0 bridgehead atoms. The van der Waals surface area contributed by atoms with Crippen molar-refractivity contribution in [2.75, 3.05) is 32.7 Å². The van der Waals surface area contributed by atoms with Gasteiger partial charge in [-0.25, -0.2) is 13.6 Å². The molecule has 0 radical (unpaired) electrons. The predicted octanol–water partition coefficient (Wildman–Crippen LogP) is 6.05. The number of nitrogens with zero attached hydrogens (tertiary/aromatic N) is 3. The van der Waals surface area contributed by atoms with Gasteiger partial charge in [0.05, 0.1) is 11.3 Å². The van der Waals surface area contributed by atoms with E-state index < -0.39 is 12.1 Å². The Balaban J connectivity index is 1.51. The highest BCUT2D eigenvalue weighted by molar-refractivity contribution is 5.98. The van der Waals surface area contributed by atoms with Crippen molar-refractivity contribution in [2.24, 2.45) is 0 Å². The molecule has 196 valence electrons. The fourth-order valence-corrected chi connectivity index (χ4v) is 6.77. The second-order valence-electron chi connectivity index (χ2n) is 11.0. The van der Waals surface area contributed by atoms with Gasteiger partial charge in [-0.1, -0.05) is 25.0 Å². The maximum atomic E-state index is 15.5. The highest BCUT2D eigenvalue weighted by atomic mass is 19.1. The summed E-state index contributed by atoms with van der Waals surface area (Å²) in [6.45, 7) is 6.39. The van der Waals surface area contributed by atoms with E-state index in [0.717, 1.165) is 85.3 Å². The van der Waals surface area contributed by atoms with E-state index in [9.17, 15) is 14.3 Å². The first-order chi connectivity index (χ1) is 18.0. The predicted molar refractivity (Wildman–Crippen MR) is 141 cm³/mol. The van der Waals surface area contributed by atoms with Crippen LogP contribution in [0.15, 0.2) is 36.4 Å². The molecule has 2 aliphatic heterocycles. The Labute approximate surface area is 216 Å². The molecule has 2 fully saturated rings. The smallest absolute Gasteiger partial charge is 0.335 e. The number of hydrogen-bond acceptors (Lipinski definition) is 3. The first kappa shape index (κ1) is 24.6. The van der Waals surface area contributed by atoms with Gasteiger partial charge in [0.15, 0.2) is 0 Å². The van der Waals surface area contributed by atoms with Crippen LogP contribution in [0.2, 0.25) is 0 Å². The number of rotatable bonds is 5. The average molecular weight is 508 g/mol. The van der Waals surface area contributed by atoms with Crippen LogP contribution in [0.1, 0.15) is 65.9 Å². The average Bonchev–Trinajstić information content (AvgIpc) is 3.51. The molecule has 1 aliphatic carbocycles. The largest absolute Gasteiger partial charge is 0.478 e. The van der Waals surface area contributed by atoms with Gasteiger partial charge in [-0.05, 0) is 74.2 Å². The van der Waals surface area contributed by atoms with Crippen molar-refractivity contribution in [2.45, 2.75) is 63.7 Å². The van der Waals surface area contributed by atoms with Crippen molar-refractivity contribution in [1.82, 2.24) is 14.4 Å². The summed E-state index contributed by atoms with van der Waals surface area (Å²) in [4.78, 5) is 16.8. The molecule has 5 nitrogen and oxygen atoms in total. The van der Waals surface area contributed by atoms with Crippen LogP contribution in [0.25, 0.3) is 22.2 Å². The first-order valence-corrected chi connectivity index (χ1v) is 13.8. The summed E-state index contributed by atoms with van der Waals surface area (Å²) in [7, 11) is 0. The molecule has 1 N–H and O–H groups in total. The van der Waals surface area contributed by atoms with Crippen molar-refractivity contribution in [3.8, 4) is 11.3 Å². The zero-order chi connectivity index (χ0) is 25.5. The number of aromatic carboxylic acids is 1. The van der Waals surface area contributed by atoms with Crippen molar-refractivity contribution in [1.29, 1.82) is 0 Å². The lowest BCUT2D eigenvalue weighted by molar-refractivity contribution is 0.0697. The number of benzene rings is 2. The fourth-order valence-electron chi connectivity index (χ4n) is 6.77.